The molecule has 0 aliphatic rings. The molecule has 0 fully saturated rings. The van der Waals surface area contributed by atoms with E-state index in [0.29, 0.717) is 12.2 Å². The summed E-state index contributed by atoms with van der Waals surface area (Å²) in [6.45, 7) is 2.26. The van der Waals surface area contributed by atoms with E-state index in [1.807, 2.05) is 127 Å². The van der Waals surface area contributed by atoms with Gasteiger partial charge in [0.05, 0.1) is 6.61 Å². The van der Waals surface area contributed by atoms with E-state index in [1.165, 1.54) is 6.08 Å². The van der Waals surface area contributed by atoms with Crippen LogP contribution in [-0.4, -0.2) is 18.5 Å². The number of hydrogen-bond acceptors (Lipinski definition) is 5. The molecule has 0 aliphatic heterocycles. The van der Waals surface area contributed by atoms with Crippen LogP contribution < -0.4 is 0 Å². The molecule has 0 atom stereocenters. The first kappa shape index (κ1) is 28.4. The molecular weight excluding hydrogens is 486 g/mol. The Morgan fingerprint density at radius 3 is 1.69 bits per heavy atom. The molecule has 0 saturated heterocycles. The Hall–Kier alpha value is -5.21. The standard InChI is InChI=1S/C18H15NO2.C16H14O2/c1-2-21-18(20)16(13-19)17(14-9-5-3-6-10-14)15-11-7-4-8-12-15;17-16(12-11-14-7-3-1-4-8-14)18-13-15-9-5-2-6-10-15/h3-12H,2H2,1H3;1-12H,13H2. The molecule has 5 nitrogen and oxygen atoms in total. The molecule has 0 saturated carbocycles. The van der Waals surface area contributed by atoms with Gasteiger partial charge in [-0.2, -0.15) is 5.26 Å². The number of esters is 2. The van der Waals surface area contributed by atoms with Crippen molar-refractivity contribution < 1.29 is 19.1 Å². The van der Waals surface area contributed by atoms with Crippen molar-refractivity contribution in [3.8, 4) is 6.07 Å². The number of nitriles is 1. The first-order chi connectivity index (χ1) is 19.1. The van der Waals surface area contributed by atoms with E-state index in [4.69, 9.17) is 9.47 Å². The second-order valence-corrected chi connectivity index (χ2v) is 8.15. The predicted octanol–water partition coefficient (Wildman–Crippen LogP) is 7.02. The van der Waals surface area contributed by atoms with Gasteiger partial charge in [-0.15, -0.1) is 0 Å². The van der Waals surface area contributed by atoms with Crippen LogP contribution in [0.2, 0.25) is 0 Å². The average Bonchev–Trinajstić information content (AvgIpc) is 3.00. The highest BCUT2D eigenvalue weighted by Crippen LogP contribution is 2.27. The number of benzene rings is 4. The third-order valence-corrected chi connectivity index (χ3v) is 5.40. The van der Waals surface area contributed by atoms with Crippen molar-refractivity contribution in [1.29, 1.82) is 5.26 Å². The van der Waals surface area contributed by atoms with Gasteiger partial charge < -0.3 is 9.47 Å². The molecule has 5 heteroatoms. The van der Waals surface area contributed by atoms with Gasteiger partial charge in [0.2, 0.25) is 0 Å². The molecule has 0 amide bonds. The van der Waals surface area contributed by atoms with E-state index >= 15 is 0 Å². The van der Waals surface area contributed by atoms with Gasteiger partial charge in [0.25, 0.3) is 0 Å². The third-order valence-electron chi connectivity index (χ3n) is 5.40. The zero-order valence-electron chi connectivity index (χ0n) is 21.7. The second-order valence-electron chi connectivity index (χ2n) is 8.15. The Labute approximate surface area is 229 Å². The molecule has 0 N–H and O–H groups in total. The van der Waals surface area contributed by atoms with E-state index in [1.54, 1.807) is 13.0 Å². The van der Waals surface area contributed by atoms with Crippen LogP contribution in [-0.2, 0) is 25.7 Å². The minimum Gasteiger partial charge on any atom is -0.462 e. The summed E-state index contributed by atoms with van der Waals surface area (Å²) < 4.78 is 10.1. The highest BCUT2D eigenvalue weighted by molar-refractivity contribution is 6.05. The molecule has 0 unspecified atom stereocenters. The van der Waals surface area contributed by atoms with Crippen molar-refractivity contribution in [2.45, 2.75) is 13.5 Å². The normalized spacial score (nSPS) is 9.95. The van der Waals surface area contributed by atoms with Crippen LogP contribution in [0.5, 0.6) is 0 Å². The maximum absolute atomic E-state index is 12.1. The molecule has 0 bridgehead atoms. The fourth-order valence-corrected chi connectivity index (χ4v) is 3.58. The Morgan fingerprint density at radius 2 is 1.21 bits per heavy atom. The molecule has 0 aliphatic carbocycles. The summed E-state index contributed by atoms with van der Waals surface area (Å²) in [6, 6.07) is 40.0. The molecule has 0 radical (unpaired) electrons. The molecule has 39 heavy (non-hydrogen) atoms. The van der Waals surface area contributed by atoms with Crippen molar-refractivity contribution in [2.75, 3.05) is 6.61 Å². The van der Waals surface area contributed by atoms with Gasteiger partial charge >= 0.3 is 11.9 Å². The van der Waals surface area contributed by atoms with Crippen molar-refractivity contribution in [3.63, 3.8) is 0 Å². The van der Waals surface area contributed by atoms with Crippen LogP contribution in [0.3, 0.4) is 0 Å². The highest BCUT2D eigenvalue weighted by Gasteiger charge is 2.19. The van der Waals surface area contributed by atoms with Gasteiger partial charge in [-0.25, -0.2) is 9.59 Å². The van der Waals surface area contributed by atoms with Gasteiger partial charge in [-0.05, 0) is 35.3 Å². The van der Waals surface area contributed by atoms with Crippen LogP contribution in [0, 0.1) is 11.3 Å². The first-order valence-electron chi connectivity index (χ1n) is 12.5. The van der Waals surface area contributed by atoms with Crippen molar-refractivity contribution in [3.05, 3.63) is 155 Å². The van der Waals surface area contributed by atoms with Crippen LogP contribution in [0.1, 0.15) is 29.2 Å². The number of rotatable bonds is 8. The number of nitrogens with zero attached hydrogens (tertiary/aromatic N) is 1. The molecular formula is C34H29NO4. The summed E-state index contributed by atoms with van der Waals surface area (Å²) >= 11 is 0. The van der Waals surface area contributed by atoms with E-state index < -0.39 is 5.97 Å². The zero-order chi connectivity index (χ0) is 27.7. The van der Waals surface area contributed by atoms with E-state index in [2.05, 4.69) is 0 Å². The Kier molecular flexibility index (Phi) is 11.5. The molecule has 4 aromatic rings. The summed E-state index contributed by atoms with van der Waals surface area (Å²) in [5.41, 5.74) is 4.21. The maximum Gasteiger partial charge on any atom is 0.349 e. The number of carbonyl (C=O) groups is 2. The molecule has 194 valence electrons. The first-order valence-corrected chi connectivity index (χ1v) is 12.5. The molecule has 0 aromatic heterocycles. The third kappa shape index (κ3) is 9.31. The summed E-state index contributed by atoms with van der Waals surface area (Å²) in [5.74, 6) is -0.926. The quantitative estimate of drug-likeness (QED) is 0.143. The maximum atomic E-state index is 12.1. The van der Waals surface area contributed by atoms with Gasteiger partial charge in [0.15, 0.2) is 0 Å². The Morgan fingerprint density at radius 1 is 0.718 bits per heavy atom. The van der Waals surface area contributed by atoms with Crippen LogP contribution in [0.4, 0.5) is 0 Å². The summed E-state index contributed by atoms with van der Waals surface area (Å²) in [6.07, 6.45) is 3.19. The molecule has 4 aromatic carbocycles. The van der Waals surface area contributed by atoms with Crippen molar-refractivity contribution in [1.82, 2.24) is 0 Å². The lowest BCUT2D eigenvalue weighted by molar-refractivity contribution is -0.139. The van der Waals surface area contributed by atoms with Gasteiger partial charge in [0.1, 0.15) is 18.2 Å². The fraction of sp³-hybridized carbons (Fsp3) is 0.0882. The summed E-state index contributed by atoms with van der Waals surface area (Å²) in [4.78, 5) is 23.5. The van der Waals surface area contributed by atoms with Crippen molar-refractivity contribution >= 4 is 23.6 Å². The van der Waals surface area contributed by atoms with Gasteiger partial charge in [0, 0.05) is 11.6 Å². The average molecular weight is 516 g/mol. The lowest BCUT2D eigenvalue weighted by Gasteiger charge is -2.11. The largest absolute Gasteiger partial charge is 0.462 e. The van der Waals surface area contributed by atoms with E-state index in [0.717, 1.165) is 22.3 Å². The zero-order valence-corrected chi connectivity index (χ0v) is 21.7. The van der Waals surface area contributed by atoms with Crippen molar-refractivity contribution in [2.24, 2.45) is 0 Å². The summed E-state index contributed by atoms with van der Waals surface area (Å²) in [7, 11) is 0. The van der Waals surface area contributed by atoms with Crippen LogP contribution >= 0.6 is 0 Å². The van der Waals surface area contributed by atoms with Crippen LogP contribution in [0.25, 0.3) is 11.6 Å². The highest BCUT2D eigenvalue weighted by atomic mass is 16.5. The Balaban J connectivity index is 0.000000218. The van der Waals surface area contributed by atoms with E-state index in [9.17, 15) is 14.9 Å². The number of hydrogen-bond donors (Lipinski definition) is 0. The second kappa shape index (κ2) is 15.8. The van der Waals surface area contributed by atoms with Gasteiger partial charge in [-0.3, -0.25) is 0 Å². The monoisotopic (exact) mass is 515 g/mol. The minimum absolute atomic E-state index is 0.0225. The Bertz CT molecular complexity index is 1380. The van der Waals surface area contributed by atoms with E-state index in [-0.39, 0.29) is 18.1 Å². The molecule has 4 rings (SSSR count). The van der Waals surface area contributed by atoms with Gasteiger partial charge in [-0.1, -0.05) is 121 Å². The summed E-state index contributed by atoms with van der Waals surface area (Å²) in [5, 5.41) is 9.41. The predicted molar refractivity (Wildman–Crippen MR) is 153 cm³/mol. The minimum atomic E-state index is -0.595. The smallest absolute Gasteiger partial charge is 0.349 e. The topological polar surface area (TPSA) is 76.4 Å². The SMILES string of the molecule is CCOC(=O)C(C#N)=C(c1ccccc1)c1ccccc1.O=C(C=Cc1ccccc1)OCc1ccccc1. The number of ether oxygens (including phenoxy) is 2. The fourth-order valence-electron chi connectivity index (χ4n) is 3.58. The van der Waals surface area contributed by atoms with Crippen LogP contribution in [0.15, 0.2) is 133 Å². The lowest BCUT2D eigenvalue weighted by Crippen LogP contribution is -2.09. The lowest BCUT2D eigenvalue weighted by atomic mass is 9.93. The number of carbonyl (C=O) groups excluding carboxylic acids is 2. The molecule has 0 heterocycles. The molecule has 0 spiro atoms.